The van der Waals surface area contributed by atoms with Crippen LogP contribution in [0.15, 0.2) is 36.4 Å². The topological polar surface area (TPSA) is 12.0 Å². The van der Waals surface area contributed by atoms with Gasteiger partial charge in [-0.15, -0.1) is 6.58 Å². The summed E-state index contributed by atoms with van der Waals surface area (Å²) in [7, 11) is 0. The Morgan fingerprint density at radius 1 is 1.54 bits per heavy atom. The van der Waals surface area contributed by atoms with Gasteiger partial charge < -0.3 is 5.32 Å². The van der Waals surface area contributed by atoms with Crippen molar-refractivity contribution in [1.82, 2.24) is 0 Å². The zero-order valence-corrected chi connectivity index (χ0v) is 9.97. The molecule has 0 saturated heterocycles. The Hall–Kier alpha value is -0.510. The lowest BCUT2D eigenvalue weighted by Crippen LogP contribution is -2.01. The van der Waals surface area contributed by atoms with E-state index in [1.807, 2.05) is 0 Å². The second-order valence-electron chi connectivity index (χ2n) is 3.14. The van der Waals surface area contributed by atoms with Gasteiger partial charge in [-0.25, -0.2) is 0 Å². The monoisotopic (exact) mass is 287 g/mol. The van der Waals surface area contributed by atoms with Crippen LogP contribution in [-0.2, 0) is 0 Å². The van der Waals surface area contributed by atoms with E-state index in [2.05, 4.69) is 65.7 Å². The molecule has 13 heavy (non-hydrogen) atoms. The molecule has 0 spiro atoms. The number of anilines is 1. The lowest BCUT2D eigenvalue weighted by Gasteiger charge is -2.05. The van der Waals surface area contributed by atoms with Gasteiger partial charge in [0.05, 0.1) is 0 Å². The van der Waals surface area contributed by atoms with Gasteiger partial charge in [0.25, 0.3) is 0 Å². The second kappa shape index (κ2) is 5.27. The van der Waals surface area contributed by atoms with Crippen molar-refractivity contribution >= 4 is 28.3 Å². The van der Waals surface area contributed by atoms with Crippen LogP contribution in [0.1, 0.15) is 13.3 Å². The van der Waals surface area contributed by atoms with Gasteiger partial charge in [0.1, 0.15) is 0 Å². The van der Waals surface area contributed by atoms with Crippen LogP contribution in [0.25, 0.3) is 0 Å². The molecule has 0 aliphatic heterocycles. The minimum absolute atomic E-state index is 0.968. The molecule has 2 heteroatoms. The number of hydrogen-bond donors (Lipinski definition) is 1. The average Bonchev–Trinajstić information content (AvgIpc) is 2.03. The number of benzene rings is 1. The first kappa shape index (κ1) is 10.6. The van der Waals surface area contributed by atoms with Crippen molar-refractivity contribution in [3.8, 4) is 0 Å². The molecule has 0 radical (unpaired) electrons. The normalized spacial score (nSPS) is 9.69. The van der Waals surface area contributed by atoms with E-state index in [0.29, 0.717) is 0 Å². The highest BCUT2D eigenvalue weighted by atomic mass is 127. The van der Waals surface area contributed by atoms with Gasteiger partial charge in [-0.3, -0.25) is 0 Å². The summed E-state index contributed by atoms with van der Waals surface area (Å²) in [6.45, 7) is 6.88. The van der Waals surface area contributed by atoms with E-state index in [4.69, 9.17) is 0 Å². The molecule has 0 fully saturated rings. The molecule has 1 rings (SSSR count). The van der Waals surface area contributed by atoms with Crippen molar-refractivity contribution in [2.75, 3.05) is 11.9 Å². The molecule has 1 nitrogen and oxygen atoms in total. The Bertz CT molecular complexity index is 294. The van der Waals surface area contributed by atoms with E-state index >= 15 is 0 Å². The SMILES string of the molecule is C=C(C)CCNc1cccc(I)c1. The third-order valence-electron chi connectivity index (χ3n) is 1.71. The molecule has 0 aliphatic rings. The molecular formula is C11H14IN. The zero-order chi connectivity index (χ0) is 9.68. The Kier molecular flexibility index (Phi) is 4.28. The molecule has 1 aromatic rings. The summed E-state index contributed by atoms with van der Waals surface area (Å²) in [5.41, 5.74) is 2.41. The van der Waals surface area contributed by atoms with E-state index < -0.39 is 0 Å². The standard InChI is InChI=1S/C11H14IN/c1-9(2)6-7-13-11-5-3-4-10(12)8-11/h3-5,8,13H,1,6-7H2,2H3. The van der Waals surface area contributed by atoms with E-state index in [0.717, 1.165) is 13.0 Å². The molecule has 0 heterocycles. The van der Waals surface area contributed by atoms with Crippen molar-refractivity contribution in [2.24, 2.45) is 0 Å². The highest BCUT2D eigenvalue weighted by molar-refractivity contribution is 14.1. The van der Waals surface area contributed by atoms with Crippen molar-refractivity contribution < 1.29 is 0 Å². The molecule has 0 atom stereocenters. The summed E-state index contributed by atoms with van der Waals surface area (Å²) in [6.07, 6.45) is 1.03. The summed E-state index contributed by atoms with van der Waals surface area (Å²) >= 11 is 2.31. The molecule has 0 bridgehead atoms. The maximum atomic E-state index is 3.86. The summed E-state index contributed by atoms with van der Waals surface area (Å²) in [4.78, 5) is 0. The van der Waals surface area contributed by atoms with Crippen LogP contribution in [0.5, 0.6) is 0 Å². The van der Waals surface area contributed by atoms with Gasteiger partial charge in [-0.2, -0.15) is 0 Å². The van der Waals surface area contributed by atoms with Gasteiger partial charge in [0.2, 0.25) is 0 Å². The molecule has 1 aromatic carbocycles. The van der Waals surface area contributed by atoms with Crippen LogP contribution >= 0.6 is 22.6 Å². The lowest BCUT2D eigenvalue weighted by molar-refractivity contribution is 1.00. The van der Waals surface area contributed by atoms with Crippen molar-refractivity contribution in [1.29, 1.82) is 0 Å². The van der Waals surface area contributed by atoms with Crippen LogP contribution in [0, 0.1) is 3.57 Å². The fourth-order valence-corrected chi connectivity index (χ4v) is 1.56. The molecule has 0 aliphatic carbocycles. The first-order chi connectivity index (χ1) is 6.18. The lowest BCUT2D eigenvalue weighted by atomic mass is 10.2. The van der Waals surface area contributed by atoms with Gasteiger partial charge in [0, 0.05) is 15.8 Å². The Balaban J connectivity index is 2.41. The Labute approximate surface area is 93.4 Å². The predicted octanol–water partition coefficient (Wildman–Crippen LogP) is 3.67. The average molecular weight is 287 g/mol. The Morgan fingerprint density at radius 3 is 2.92 bits per heavy atom. The van der Waals surface area contributed by atoms with E-state index in [9.17, 15) is 0 Å². The minimum atomic E-state index is 0.968. The first-order valence-electron chi connectivity index (χ1n) is 4.32. The third kappa shape index (κ3) is 4.31. The summed E-state index contributed by atoms with van der Waals surface area (Å²) < 4.78 is 1.26. The van der Waals surface area contributed by atoms with Gasteiger partial charge in [-0.1, -0.05) is 11.6 Å². The second-order valence-corrected chi connectivity index (χ2v) is 4.39. The summed E-state index contributed by atoms with van der Waals surface area (Å²) in [5, 5.41) is 3.35. The molecule has 0 amide bonds. The van der Waals surface area contributed by atoms with Gasteiger partial charge >= 0.3 is 0 Å². The highest BCUT2D eigenvalue weighted by Crippen LogP contribution is 2.12. The predicted molar refractivity (Wildman–Crippen MR) is 67.1 cm³/mol. The van der Waals surface area contributed by atoms with Crippen LogP contribution in [0.4, 0.5) is 5.69 Å². The zero-order valence-electron chi connectivity index (χ0n) is 7.81. The fraction of sp³-hybridized carbons (Fsp3) is 0.273. The minimum Gasteiger partial charge on any atom is -0.385 e. The Morgan fingerprint density at radius 2 is 2.31 bits per heavy atom. The molecular weight excluding hydrogens is 273 g/mol. The van der Waals surface area contributed by atoms with Gasteiger partial charge in [0.15, 0.2) is 0 Å². The molecule has 0 aromatic heterocycles. The number of nitrogens with one attached hydrogen (secondary N) is 1. The van der Waals surface area contributed by atoms with Crippen LogP contribution in [-0.4, -0.2) is 6.54 Å². The fourth-order valence-electron chi connectivity index (χ4n) is 1.02. The number of rotatable bonds is 4. The van der Waals surface area contributed by atoms with E-state index in [-0.39, 0.29) is 0 Å². The van der Waals surface area contributed by atoms with E-state index in [1.165, 1.54) is 14.8 Å². The first-order valence-corrected chi connectivity index (χ1v) is 5.40. The van der Waals surface area contributed by atoms with E-state index in [1.54, 1.807) is 0 Å². The number of halogens is 1. The van der Waals surface area contributed by atoms with Crippen molar-refractivity contribution in [3.05, 3.63) is 40.0 Å². The molecule has 1 N–H and O–H groups in total. The van der Waals surface area contributed by atoms with Gasteiger partial charge in [-0.05, 0) is 54.1 Å². The highest BCUT2D eigenvalue weighted by Gasteiger charge is 1.92. The van der Waals surface area contributed by atoms with Crippen molar-refractivity contribution in [3.63, 3.8) is 0 Å². The van der Waals surface area contributed by atoms with Crippen molar-refractivity contribution in [2.45, 2.75) is 13.3 Å². The quantitative estimate of drug-likeness (QED) is 0.658. The van der Waals surface area contributed by atoms with Crippen LogP contribution in [0.3, 0.4) is 0 Å². The summed E-state index contributed by atoms with van der Waals surface area (Å²) in [5.74, 6) is 0. The summed E-state index contributed by atoms with van der Waals surface area (Å²) in [6, 6.07) is 8.37. The number of hydrogen-bond acceptors (Lipinski definition) is 1. The smallest absolute Gasteiger partial charge is 0.0350 e. The third-order valence-corrected chi connectivity index (χ3v) is 2.38. The van der Waals surface area contributed by atoms with Crippen LogP contribution < -0.4 is 5.32 Å². The maximum Gasteiger partial charge on any atom is 0.0350 e. The largest absolute Gasteiger partial charge is 0.385 e. The maximum absolute atomic E-state index is 3.86. The van der Waals surface area contributed by atoms with Crippen LogP contribution in [0.2, 0.25) is 0 Å². The molecule has 0 unspecified atom stereocenters. The molecule has 70 valence electrons. The molecule has 0 saturated carbocycles.